The molecule has 3 rings (SSSR count). The number of para-hydroxylation sites is 1. The van der Waals surface area contributed by atoms with Gasteiger partial charge in [0.1, 0.15) is 0 Å². The minimum Gasteiger partial charge on any atom is -0.478 e. The summed E-state index contributed by atoms with van der Waals surface area (Å²) in [6.07, 6.45) is 0.891. The maximum Gasteiger partial charge on any atom is 0.337 e. The summed E-state index contributed by atoms with van der Waals surface area (Å²) >= 11 is 0. The predicted octanol–water partition coefficient (Wildman–Crippen LogP) is 1.54. The average molecular weight is 289 g/mol. The number of aromatic carboxylic acids is 1. The normalized spacial score (nSPS) is 23.5. The molecular formula is C15H19N3O3. The van der Waals surface area contributed by atoms with Gasteiger partial charge in [-0.3, -0.25) is 4.57 Å². The van der Waals surface area contributed by atoms with Crippen molar-refractivity contribution in [3.05, 3.63) is 34.2 Å². The summed E-state index contributed by atoms with van der Waals surface area (Å²) in [4.78, 5) is 28.6. The van der Waals surface area contributed by atoms with Gasteiger partial charge >= 0.3 is 11.7 Å². The second kappa shape index (κ2) is 5.04. The molecule has 2 unspecified atom stereocenters. The Morgan fingerprint density at radius 1 is 1.43 bits per heavy atom. The lowest BCUT2D eigenvalue weighted by atomic mass is 9.94. The molecule has 0 amide bonds. The highest BCUT2D eigenvalue weighted by Crippen LogP contribution is 2.29. The number of aromatic nitrogens is 2. The van der Waals surface area contributed by atoms with Crippen molar-refractivity contribution in [1.29, 1.82) is 0 Å². The van der Waals surface area contributed by atoms with E-state index in [1.807, 2.05) is 6.07 Å². The number of hydrogen-bond acceptors (Lipinski definition) is 3. The van der Waals surface area contributed by atoms with E-state index in [2.05, 4.69) is 23.9 Å². The van der Waals surface area contributed by atoms with Crippen molar-refractivity contribution >= 4 is 17.0 Å². The number of likely N-dealkylation sites (tertiary alicyclic amines) is 1. The van der Waals surface area contributed by atoms with Crippen molar-refractivity contribution in [2.75, 3.05) is 20.1 Å². The van der Waals surface area contributed by atoms with E-state index < -0.39 is 5.97 Å². The maximum atomic E-state index is 12.3. The van der Waals surface area contributed by atoms with Crippen LogP contribution in [-0.4, -0.2) is 45.7 Å². The number of hydrogen-bond donors (Lipinski definition) is 2. The number of carboxylic acid groups (broad SMARTS) is 1. The van der Waals surface area contributed by atoms with E-state index >= 15 is 0 Å². The maximum absolute atomic E-state index is 12.3. The Kier molecular flexibility index (Phi) is 3.33. The lowest BCUT2D eigenvalue weighted by Crippen LogP contribution is -2.40. The summed E-state index contributed by atoms with van der Waals surface area (Å²) in [5.41, 5.74) is 1.02. The van der Waals surface area contributed by atoms with E-state index in [9.17, 15) is 14.7 Å². The molecule has 21 heavy (non-hydrogen) atoms. The number of fused-ring (bicyclic) bond motifs is 1. The van der Waals surface area contributed by atoms with Crippen molar-refractivity contribution in [2.24, 2.45) is 5.92 Å². The number of H-pyrrole nitrogens is 1. The molecule has 2 aromatic rings. The molecule has 1 fully saturated rings. The smallest absolute Gasteiger partial charge is 0.337 e. The lowest BCUT2D eigenvalue weighted by Gasteiger charge is -2.35. The van der Waals surface area contributed by atoms with Gasteiger partial charge in [0.2, 0.25) is 0 Å². The Labute approximate surface area is 122 Å². The van der Waals surface area contributed by atoms with Gasteiger partial charge in [-0.25, -0.2) is 9.59 Å². The van der Waals surface area contributed by atoms with Gasteiger partial charge in [0.05, 0.1) is 16.6 Å². The number of carbonyl (C=O) groups is 1. The number of rotatable bonds is 2. The van der Waals surface area contributed by atoms with Gasteiger partial charge in [0, 0.05) is 12.6 Å². The summed E-state index contributed by atoms with van der Waals surface area (Å²) in [5.74, 6) is -0.681. The molecule has 0 saturated carbocycles. The Morgan fingerprint density at radius 2 is 2.19 bits per heavy atom. The van der Waals surface area contributed by atoms with Crippen molar-refractivity contribution in [3.8, 4) is 0 Å². The third kappa shape index (κ3) is 2.25. The quantitative estimate of drug-likeness (QED) is 0.879. The van der Waals surface area contributed by atoms with Crippen molar-refractivity contribution in [3.63, 3.8) is 0 Å². The predicted molar refractivity (Wildman–Crippen MR) is 79.8 cm³/mol. The molecular weight excluding hydrogens is 270 g/mol. The van der Waals surface area contributed by atoms with Crippen LogP contribution in [0.1, 0.15) is 29.7 Å². The molecule has 1 aromatic heterocycles. The molecule has 6 nitrogen and oxygen atoms in total. The molecule has 2 atom stereocenters. The highest BCUT2D eigenvalue weighted by atomic mass is 16.4. The number of nitrogens with one attached hydrogen (secondary N) is 1. The van der Waals surface area contributed by atoms with Crippen LogP contribution in [0.3, 0.4) is 0 Å². The number of nitrogens with zero attached hydrogens (tertiary/aromatic N) is 2. The van der Waals surface area contributed by atoms with Crippen molar-refractivity contribution in [1.82, 2.24) is 14.5 Å². The molecule has 1 aliphatic rings. The first-order chi connectivity index (χ1) is 9.99. The van der Waals surface area contributed by atoms with Gasteiger partial charge in [0.25, 0.3) is 0 Å². The zero-order valence-corrected chi connectivity index (χ0v) is 12.2. The molecule has 1 saturated heterocycles. The topological polar surface area (TPSA) is 78.3 Å². The zero-order chi connectivity index (χ0) is 15.1. The average Bonchev–Trinajstić information content (AvgIpc) is 2.74. The van der Waals surface area contributed by atoms with Gasteiger partial charge in [-0.15, -0.1) is 0 Å². The minimum absolute atomic E-state index is 0.103. The number of aromatic amines is 1. The Morgan fingerprint density at radius 3 is 2.86 bits per heavy atom. The Bertz CT molecular complexity index is 746. The number of carboxylic acids is 1. The van der Waals surface area contributed by atoms with E-state index in [1.165, 1.54) is 6.07 Å². The first-order valence-corrected chi connectivity index (χ1v) is 7.14. The fourth-order valence-corrected chi connectivity index (χ4v) is 3.38. The highest BCUT2D eigenvalue weighted by Gasteiger charge is 2.28. The molecule has 1 aliphatic heterocycles. The molecule has 0 aliphatic carbocycles. The van der Waals surface area contributed by atoms with Gasteiger partial charge in [-0.05, 0) is 38.1 Å². The lowest BCUT2D eigenvalue weighted by molar-refractivity contribution is 0.0699. The van der Waals surface area contributed by atoms with Crippen LogP contribution in [0.2, 0.25) is 0 Å². The third-order valence-corrected chi connectivity index (χ3v) is 4.38. The standard InChI is InChI=1S/C15H19N3O3/c1-9-8-17(2)7-6-11(9)18-12-5-3-4-10(14(19)20)13(12)16-15(18)21/h3-5,9,11H,6-8H2,1-2H3,(H,16,21)(H,19,20). The van der Waals surface area contributed by atoms with Crippen molar-refractivity contribution < 1.29 is 9.90 Å². The molecule has 1 aromatic carbocycles. The highest BCUT2D eigenvalue weighted by molar-refractivity contribution is 6.00. The summed E-state index contributed by atoms with van der Waals surface area (Å²) in [6.45, 7) is 4.00. The summed E-state index contributed by atoms with van der Waals surface area (Å²) in [6, 6.07) is 5.12. The fourth-order valence-electron chi connectivity index (χ4n) is 3.38. The first-order valence-electron chi connectivity index (χ1n) is 7.14. The Balaban J connectivity index is 2.15. The van der Waals surface area contributed by atoms with E-state index in [-0.39, 0.29) is 17.3 Å². The van der Waals surface area contributed by atoms with Crippen LogP contribution in [0.5, 0.6) is 0 Å². The van der Waals surface area contributed by atoms with Crippen LogP contribution < -0.4 is 5.69 Å². The van der Waals surface area contributed by atoms with Crippen LogP contribution in [0, 0.1) is 5.92 Å². The van der Waals surface area contributed by atoms with Crippen LogP contribution in [0.4, 0.5) is 0 Å². The van der Waals surface area contributed by atoms with Gasteiger partial charge in [-0.2, -0.15) is 0 Å². The second-order valence-corrected chi connectivity index (χ2v) is 5.90. The van der Waals surface area contributed by atoms with E-state index in [4.69, 9.17) is 0 Å². The van der Waals surface area contributed by atoms with Gasteiger partial charge in [-0.1, -0.05) is 13.0 Å². The van der Waals surface area contributed by atoms with Crippen molar-refractivity contribution in [2.45, 2.75) is 19.4 Å². The van der Waals surface area contributed by atoms with Crippen LogP contribution in [-0.2, 0) is 0 Å². The molecule has 6 heteroatoms. The van der Waals surface area contributed by atoms with E-state index in [0.717, 1.165) is 19.5 Å². The number of imidazole rings is 1. The minimum atomic E-state index is -1.02. The molecule has 0 radical (unpaired) electrons. The number of piperidine rings is 1. The number of benzene rings is 1. The second-order valence-electron chi connectivity index (χ2n) is 5.90. The van der Waals surface area contributed by atoms with Gasteiger partial charge < -0.3 is 15.0 Å². The van der Waals surface area contributed by atoms with E-state index in [1.54, 1.807) is 10.6 Å². The fraction of sp³-hybridized carbons (Fsp3) is 0.467. The zero-order valence-electron chi connectivity index (χ0n) is 12.2. The summed E-state index contributed by atoms with van der Waals surface area (Å²) < 4.78 is 1.74. The van der Waals surface area contributed by atoms with Crippen LogP contribution >= 0.6 is 0 Å². The van der Waals surface area contributed by atoms with Crippen LogP contribution in [0.15, 0.2) is 23.0 Å². The molecule has 0 spiro atoms. The SMILES string of the molecule is CC1CN(C)CCC1n1c(=O)[nH]c2c(C(=O)O)cccc21. The molecule has 112 valence electrons. The Hall–Kier alpha value is -2.08. The largest absolute Gasteiger partial charge is 0.478 e. The summed E-state index contributed by atoms with van der Waals surface area (Å²) in [5, 5.41) is 9.24. The third-order valence-electron chi connectivity index (χ3n) is 4.38. The van der Waals surface area contributed by atoms with Crippen LogP contribution in [0.25, 0.3) is 11.0 Å². The molecule has 0 bridgehead atoms. The molecule has 2 heterocycles. The summed E-state index contributed by atoms with van der Waals surface area (Å²) in [7, 11) is 2.08. The first kappa shape index (κ1) is 13.9. The van der Waals surface area contributed by atoms with E-state index in [0.29, 0.717) is 17.0 Å². The molecule has 2 N–H and O–H groups in total. The monoisotopic (exact) mass is 289 g/mol. The van der Waals surface area contributed by atoms with Gasteiger partial charge in [0.15, 0.2) is 0 Å².